The number of phenols is 1. The fourth-order valence-electron chi connectivity index (χ4n) is 4.09. The van der Waals surface area contributed by atoms with Gasteiger partial charge in [0.2, 0.25) is 0 Å². The van der Waals surface area contributed by atoms with Crippen LogP contribution < -0.4 is 10.2 Å². The van der Waals surface area contributed by atoms with Gasteiger partial charge in [-0.25, -0.2) is 0 Å². The van der Waals surface area contributed by atoms with Crippen molar-refractivity contribution in [3.05, 3.63) is 106 Å². The number of nitro groups is 1. The van der Waals surface area contributed by atoms with Crippen LogP contribution in [-0.2, 0) is 0 Å². The molecule has 0 spiro atoms. The molecule has 2 atom stereocenters. The van der Waals surface area contributed by atoms with Gasteiger partial charge in [0.15, 0.2) is 5.11 Å². The van der Waals surface area contributed by atoms with E-state index in [2.05, 4.69) is 10.3 Å². The SMILES string of the molecule is O=[N+]([O-])c1ccccc1-c1ccc([C@H]2[C@@H](c3ccccn3)NC(=S)N2c2cc(Cl)ccc2O)o1. The lowest BCUT2D eigenvalue weighted by Gasteiger charge is -2.26. The lowest BCUT2D eigenvalue weighted by molar-refractivity contribution is -0.384. The molecule has 1 saturated heterocycles. The Bertz CT molecular complexity index is 1390. The van der Waals surface area contributed by atoms with E-state index in [1.807, 2.05) is 18.2 Å². The highest BCUT2D eigenvalue weighted by atomic mass is 35.5. The van der Waals surface area contributed by atoms with Crippen molar-refractivity contribution in [2.45, 2.75) is 12.1 Å². The van der Waals surface area contributed by atoms with Gasteiger partial charge >= 0.3 is 0 Å². The van der Waals surface area contributed by atoms with Crippen LogP contribution >= 0.6 is 23.8 Å². The Morgan fingerprint density at radius 2 is 1.91 bits per heavy atom. The van der Waals surface area contributed by atoms with E-state index in [1.54, 1.807) is 53.6 Å². The molecule has 2 N–H and O–H groups in total. The van der Waals surface area contributed by atoms with Gasteiger partial charge in [0.1, 0.15) is 23.3 Å². The van der Waals surface area contributed by atoms with Gasteiger partial charge in [-0.2, -0.15) is 0 Å². The molecule has 2 aromatic heterocycles. The Morgan fingerprint density at radius 3 is 2.68 bits per heavy atom. The third-order valence-corrected chi connectivity index (χ3v) is 6.13. The summed E-state index contributed by atoms with van der Waals surface area (Å²) in [5.74, 6) is 0.816. The molecule has 170 valence electrons. The molecule has 34 heavy (non-hydrogen) atoms. The van der Waals surface area contributed by atoms with E-state index < -0.39 is 17.0 Å². The number of furan rings is 1. The molecule has 0 aliphatic carbocycles. The second kappa shape index (κ2) is 8.77. The van der Waals surface area contributed by atoms with Crippen LogP contribution in [0.5, 0.6) is 5.75 Å². The minimum atomic E-state index is -0.553. The van der Waals surface area contributed by atoms with Crippen LogP contribution in [0.15, 0.2) is 83.4 Å². The van der Waals surface area contributed by atoms with Gasteiger partial charge < -0.3 is 19.7 Å². The smallest absolute Gasteiger partial charge is 0.280 e. The Labute approximate surface area is 204 Å². The van der Waals surface area contributed by atoms with Gasteiger partial charge in [-0.15, -0.1) is 0 Å². The molecule has 2 aromatic carbocycles. The molecule has 0 amide bonds. The van der Waals surface area contributed by atoms with E-state index in [-0.39, 0.29) is 11.4 Å². The zero-order chi connectivity index (χ0) is 23.8. The first-order valence-electron chi connectivity index (χ1n) is 10.3. The fraction of sp³-hybridized carbons (Fsp3) is 0.0833. The first-order chi connectivity index (χ1) is 16.4. The number of halogens is 1. The molecule has 0 unspecified atom stereocenters. The topological polar surface area (TPSA) is 105 Å². The van der Waals surface area contributed by atoms with Crippen molar-refractivity contribution in [1.82, 2.24) is 10.3 Å². The van der Waals surface area contributed by atoms with Gasteiger partial charge in [0.25, 0.3) is 5.69 Å². The van der Waals surface area contributed by atoms with Crippen molar-refractivity contribution >= 4 is 40.3 Å². The van der Waals surface area contributed by atoms with Gasteiger partial charge in [0.05, 0.1) is 27.9 Å². The van der Waals surface area contributed by atoms with E-state index >= 15 is 0 Å². The number of phenolic OH excluding ortho intramolecular Hbond substituents is 1. The first kappa shape index (κ1) is 21.9. The Kier molecular flexibility index (Phi) is 5.64. The lowest BCUT2D eigenvalue weighted by atomic mass is 10.0. The number of aromatic nitrogens is 1. The number of aromatic hydroxyl groups is 1. The largest absolute Gasteiger partial charge is 0.506 e. The predicted octanol–water partition coefficient (Wildman–Crippen LogP) is 5.79. The lowest BCUT2D eigenvalue weighted by Crippen LogP contribution is -2.29. The van der Waals surface area contributed by atoms with E-state index in [4.69, 9.17) is 28.2 Å². The minimum absolute atomic E-state index is 0.00861. The molecule has 1 aliphatic heterocycles. The maximum absolute atomic E-state index is 11.5. The van der Waals surface area contributed by atoms with Crippen LogP contribution in [0.25, 0.3) is 11.3 Å². The molecule has 4 aromatic rings. The van der Waals surface area contributed by atoms with Crippen molar-refractivity contribution in [1.29, 1.82) is 0 Å². The molecule has 8 nitrogen and oxygen atoms in total. The number of nitrogens with one attached hydrogen (secondary N) is 1. The molecule has 0 radical (unpaired) electrons. The van der Waals surface area contributed by atoms with Crippen LogP contribution in [0.2, 0.25) is 5.02 Å². The van der Waals surface area contributed by atoms with Crippen LogP contribution in [0.1, 0.15) is 23.5 Å². The summed E-state index contributed by atoms with van der Waals surface area (Å²) in [6, 6.07) is 19.1. The number of nitro benzene ring substituents is 1. The monoisotopic (exact) mass is 492 g/mol. The van der Waals surface area contributed by atoms with Crippen molar-refractivity contribution < 1.29 is 14.4 Å². The molecular formula is C24H17ClN4O4S. The number of pyridine rings is 1. The second-order valence-electron chi connectivity index (χ2n) is 7.61. The maximum atomic E-state index is 11.5. The molecule has 0 bridgehead atoms. The number of rotatable bonds is 5. The molecule has 1 fully saturated rings. The van der Waals surface area contributed by atoms with Gasteiger partial charge in [0, 0.05) is 17.3 Å². The van der Waals surface area contributed by atoms with E-state index in [1.165, 1.54) is 12.1 Å². The Hall–Kier alpha value is -3.95. The number of thiocarbonyl (C=S) groups is 1. The van der Waals surface area contributed by atoms with Crippen LogP contribution in [0.4, 0.5) is 11.4 Å². The van der Waals surface area contributed by atoms with Gasteiger partial charge in [-0.3, -0.25) is 15.1 Å². The van der Waals surface area contributed by atoms with Crippen LogP contribution in [-0.4, -0.2) is 20.1 Å². The van der Waals surface area contributed by atoms with Crippen molar-refractivity contribution in [3.63, 3.8) is 0 Å². The zero-order valence-corrected chi connectivity index (χ0v) is 19.0. The summed E-state index contributed by atoms with van der Waals surface area (Å²) in [6.07, 6.45) is 1.68. The van der Waals surface area contributed by atoms with Gasteiger partial charge in [-0.1, -0.05) is 29.8 Å². The van der Waals surface area contributed by atoms with E-state index in [9.17, 15) is 15.2 Å². The minimum Gasteiger partial charge on any atom is -0.506 e. The number of para-hydroxylation sites is 1. The highest BCUT2D eigenvalue weighted by Crippen LogP contribution is 2.46. The quantitative estimate of drug-likeness (QED) is 0.205. The summed E-state index contributed by atoms with van der Waals surface area (Å²) in [4.78, 5) is 17.3. The summed E-state index contributed by atoms with van der Waals surface area (Å²) in [5, 5.41) is 26.2. The average molecular weight is 493 g/mol. The molecule has 3 heterocycles. The Morgan fingerprint density at radius 1 is 1.12 bits per heavy atom. The zero-order valence-electron chi connectivity index (χ0n) is 17.5. The fourth-order valence-corrected chi connectivity index (χ4v) is 4.60. The number of hydrogen-bond acceptors (Lipinski definition) is 6. The highest BCUT2D eigenvalue weighted by Gasteiger charge is 2.43. The summed E-state index contributed by atoms with van der Waals surface area (Å²) in [7, 11) is 0. The summed E-state index contributed by atoms with van der Waals surface area (Å²) in [6.45, 7) is 0. The predicted molar refractivity (Wildman–Crippen MR) is 132 cm³/mol. The van der Waals surface area contributed by atoms with Crippen LogP contribution in [0, 0.1) is 10.1 Å². The van der Waals surface area contributed by atoms with Gasteiger partial charge in [-0.05, 0) is 60.7 Å². The average Bonchev–Trinajstić information content (AvgIpc) is 3.46. The molecule has 5 rings (SSSR count). The normalized spacial score (nSPS) is 17.6. The van der Waals surface area contributed by atoms with Crippen molar-refractivity contribution in [2.75, 3.05) is 4.90 Å². The molecule has 0 saturated carbocycles. The standard InChI is InChI=1S/C24H17ClN4O4S/c25-14-8-9-19(30)18(13-14)28-23(22(27-24(28)34)16-6-3-4-12-26-16)21-11-10-20(33-21)15-5-1-2-7-17(15)29(31)32/h1-13,22-23,30H,(H,27,34)/t22-,23+/m1/s1. The van der Waals surface area contributed by atoms with Crippen molar-refractivity contribution in [2.24, 2.45) is 0 Å². The summed E-state index contributed by atoms with van der Waals surface area (Å²) in [5.41, 5.74) is 1.41. The third kappa shape index (κ3) is 3.85. The number of anilines is 1. The van der Waals surface area contributed by atoms with E-state index in [0.717, 1.165) is 0 Å². The van der Waals surface area contributed by atoms with E-state index in [0.29, 0.717) is 38.6 Å². The third-order valence-electron chi connectivity index (χ3n) is 5.58. The maximum Gasteiger partial charge on any atom is 0.280 e. The number of benzene rings is 2. The highest BCUT2D eigenvalue weighted by molar-refractivity contribution is 7.80. The van der Waals surface area contributed by atoms with Crippen LogP contribution in [0.3, 0.4) is 0 Å². The Balaban J connectivity index is 1.65. The molecular weight excluding hydrogens is 476 g/mol. The van der Waals surface area contributed by atoms with Crippen molar-refractivity contribution in [3.8, 4) is 17.1 Å². The number of hydrogen-bond donors (Lipinski definition) is 2. The first-order valence-corrected chi connectivity index (χ1v) is 11.1. The molecule has 1 aliphatic rings. The second-order valence-corrected chi connectivity index (χ2v) is 8.43. The summed E-state index contributed by atoms with van der Waals surface area (Å²) < 4.78 is 6.18. The molecule has 10 heteroatoms. The number of nitrogens with zero attached hydrogens (tertiary/aromatic N) is 3. The summed E-state index contributed by atoms with van der Waals surface area (Å²) >= 11 is 11.9.